The molecular formula is C9H7ClN2. The summed E-state index contributed by atoms with van der Waals surface area (Å²) in [6, 6.07) is 7.14. The maximum absolute atomic E-state index is 8.54. The summed E-state index contributed by atoms with van der Waals surface area (Å²) < 4.78 is 0. The van der Waals surface area contributed by atoms with Crippen LogP contribution in [0, 0.1) is 11.3 Å². The average molecular weight is 179 g/mol. The highest BCUT2D eigenvalue weighted by Crippen LogP contribution is 2.17. The molecule has 0 aliphatic heterocycles. The third-order valence-corrected chi connectivity index (χ3v) is 1.82. The van der Waals surface area contributed by atoms with Crippen molar-refractivity contribution in [3.8, 4) is 6.07 Å². The van der Waals surface area contributed by atoms with E-state index in [4.69, 9.17) is 16.9 Å². The third kappa shape index (κ3) is 1.84. The molecule has 2 nitrogen and oxygen atoms in total. The molecular weight excluding hydrogens is 172 g/mol. The highest BCUT2D eigenvalue weighted by molar-refractivity contribution is 6.31. The summed E-state index contributed by atoms with van der Waals surface area (Å²) in [6.45, 7) is 3.86. The van der Waals surface area contributed by atoms with Crippen LogP contribution < -0.4 is 0 Å². The van der Waals surface area contributed by atoms with Crippen LogP contribution in [-0.4, -0.2) is 6.72 Å². The fraction of sp³-hybridized carbons (Fsp3) is 0.111. The molecule has 0 saturated heterocycles. The van der Waals surface area contributed by atoms with Crippen molar-refractivity contribution in [2.24, 2.45) is 4.99 Å². The molecule has 0 aromatic heterocycles. The Bertz CT molecular complexity index is 339. The Hall–Kier alpha value is -1.33. The van der Waals surface area contributed by atoms with Gasteiger partial charge in [0, 0.05) is 5.02 Å². The van der Waals surface area contributed by atoms with E-state index in [1.807, 2.05) is 6.07 Å². The molecule has 0 radical (unpaired) electrons. The van der Waals surface area contributed by atoms with Gasteiger partial charge in [-0.1, -0.05) is 17.7 Å². The summed E-state index contributed by atoms with van der Waals surface area (Å²) in [6.07, 6.45) is 0. The molecule has 12 heavy (non-hydrogen) atoms. The van der Waals surface area contributed by atoms with Crippen LogP contribution >= 0.6 is 11.6 Å². The fourth-order valence-electron chi connectivity index (χ4n) is 0.866. The van der Waals surface area contributed by atoms with Gasteiger partial charge >= 0.3 is 0 Å². The first-order valence-corrected chi connectivity index (χ1v) is 3.76. The Morgan fingerprint density at radius 3 is 2.83 bits per heavy atom. The van der Waals surface area contributed by atoms with Gasteiger partial charge in [-0.15, -0.1) is 0 Å². The van der Waals surface area contributed by atoms with Gasteiger partial charge in [0.05, 0.1) is 18.2 Å². The highest BCUT2D eigenvalue weighted by atomic mass is 35.5. The summed E-state index contributed by atoms with van der Waals surface area (Å²) in [5.74, 6) is 0. The lowest BCUT2D eigenvalue weighted by Gasteiger charge is -1.99. The van der Waals surface area contributed by atoms with E-state index in [0.29, 0.717) is 17.1 Å². The first-order valence-electron chi connectivity index (χ1n) is 3.39. The number of nitriles is 1. The number of halogens is 1. The molecule has 0 atom stereocenters. The zero-order valence-corrected chi connectivity index (χ0v) is 7.17. The number of hydrogen-bond acceptors (Lipinski definition) is 2. The minimum atomic E-state index is 0.491. The largest absolute Gasteiger partial charge is 0.296 e. The average Bonchev–Trinajstić information content (AvgIpc) is 2.09. The third-order valence-electron chi connectivity index (χ3n) is 1.46. The summed E-state index contributed by atoms with van der Waals surface area (Å²) in [5.41, 5.74) is 1.46. The van der Waals surface area contributed by atoms with Crippen LogP contribution in [0.1, 0.15) is 11.1 Å². The van der Waals surface area contributed by atoms with Gasteiger partial charge in [-0.3, -0.25) is 4.99 Å². The van der Waals surface area contributed by atoms with Crippen molar-refractivity contribution in [1.82, 2.24) is 0 Å². The van der Waals surface area contributed by atoms with Gasteiger partial charge in [0.1, 0.15) is 0 Å². The lowest BCUT2D eigenvalue weighted by Crippen LogP contribution is -1.84. The summed E-state index contributed by atoms with van der Waals surface area (Å²) in [4.78, 5) is 3.70. The van der Waals surface area contributed by atoms with Crippen molar-refractivity contribution in [2.45, 2.75) is 6.54 Å². The van der Waals surface area contributed by atoms with Crippen molar-refractivity contribution < 1.29 is 0 Å². The van der Waals surface area contributed by atoms with Crippen molar-refractivity contribution in [1.29, 1.82) is 5.26 Å². The van der Waals surface area contributed by atoms with E-state index in [0.717, 1.165) is 5.56 Å². The number of aliphatic imine (C=N–C) groups is 1. The van der Waals surface area contributed by atoms with E-state index in [1.54, 1.807) is 18.2 Å². The predicted molar refractivity (Wildman–Crippen MR) is 49.4 cm³/mol. The molecule has 0 N–H and O–H groups in total. The van der Waals surface area contributed by atoms with Crippen LogP contribution in [0.2, 0.25) is 5.02 Å². The quantitative estimate of drug-likeness (QED) is 0.641. The minimum Gasteiger partial charge on any atom is -0.296 e. The molecule has 0 saturated carbocycles. The maximum atomic E-state index is 8.54. The van der Waals surface area contributed by atoms with Crippen molar-refractivity contribution in [2.75, 3.05) is 0 Å². The molecule has 0 spiro atoms. The Labute approximate surface area is 76.1 Å². The molecule has 0 amide bonds. The summed E-state index contributed by atoms with van der Waals surface area (Å²) >= 11 is 5.85. The molecule has 0 bridgehead atoms. The molecule has 0 unspecified atom stereocenters. The topological polar surface area (TPSA) is 36.1 Å². The minimum absolute atomic E-state index is 0.491. The Kier molecular flexibility index (Phi) is 2.84. The molecule has 1 rings (SSSR count). The van der Waals surface area contributed by atoms with E-state index < -0.39 is 0 Å². The second-order valence-electron chi connectivity index (χ2n) is 2.30. The van der Waals surface area contributed by atoms with Gasteiger partial charge in [-0.2, -0.15) is 5.26 Å². The molecule has 0 heterocycles. The highest BCUT2D eigenvalue weighted by Gasteiger charge is 1.99. The van der Waals surface area contributed by atoms with E-state index >= 15 is 0 Å². The zero-order chi connectivity index (χ0) is 8.97. The van der Waals surface area contributed by atoms with Gasteiger partial charge < -0.3 is 0 Å². The van der Waals surface area contributed by atoms with E-state index in [9.17, 15) is 0 Å². The van der Waals surface area contributed by atoms with Gasteiger partial charge in [0.15, 0.2) is 0 Å². The Morgan fingerprint density at radius 1 is 1.58 bits per heavy atom. The molecule has 3 heteroatoms. The number of rotatable bonds is 2. The molecule has 0 fully saturated rings. The lowest BCUT2D eigenvalue weighted by atomic mass is 10.1. The van der Waals surface area contributed by atoms with Crippen LogP contribution in [0.5, 0.6) is 0 Å². The van der Waals surface area contributed by atoms with Gasteiger partial charge in [-0.25, -0.2) is 0 Å². The Morgan fingerprint density at radius 2 is 2.33 bits per heavy atom. The monoisotopic (exact) mass is 178 g/mol. The Balaban J connectivity index is 3.04. The van der Waals surface area contributed by atoms with Gasteiger partial charge in [0.2, 0.25) is 0 Å². The van der Waals surface area contributed by atoms with E-state index in [2.05, 4.69) is 11.7 Å². The molecule has 1 aromatic rings. The van der Waals surface area contributed by atoms with Crippen LogP contribution in [0.25, 0.3) is 0 Å². The van der Waals surface area contributed by atoms with Crippen molar-refractivity contribution >= 4 is 18.3 Å². The number of benzene rings is 1. The van der Waals surface area contributed by atoms with Crippen molar-refractivity contribution in [3.05, 3.63) is 34.3 Å². The second kappa shape index (κ2) is 3.89. The standard InChI is InChI=1S/C9H7ClN2/c1-12-6-8-3-2-7(5-11)4-9(8)10/h2-4H,1,6H2. The first kappa shape index (κ1) is 8.76. The zero-order valence-electron chi connectivity index (χ0n) is 6.42. The molecule has 1 aromatic carbocycles. The van der Waals surface area contributed by atoms with E-state index in [1.165, 1.54) is 0 Å². The van der Waals surface area contributed by atoms with Crippen LogP contribution in [0.4, 0.5) is 0 Å². The summed E-state index contributed by atoms with van der Waals surface area (Å²) in [5, 5.41) is 9.11. The van der Waals surface area contributed by atoms with Crippen LogP contribution in [0.15, 0.2) is 23.2 Å². The van der Waals surface area contributed by atoms with Crippen molar-refractivity contribution in [3.63, 3.8) is 0 Å². The maximum Gasteiger partial charge on any atom is 0.0992 e. The molecule has 0 aliphatic rings. The van der Waals surface area contributed by atoms with Gasteiger partial charge in [0.25, 0.3) is 0 Å². The first-order chi connectivity index (χ1) is 5.77. The second-order valence-corrected chi connectivity index (χ2v) is 2.71. The lowest BCUT2D eigenvalue weighted by molar-refractivity contribution is 1.08. The van der Waals surface area contributed by atoms with E-state index in [-0.39, 0.29) is 0 Å². The SMILES string of the molecule is C=NCc1ccc(C#N)cc1Cl. The van der Waals surface area contributed by atoms with Gasteiger partial charge in [-0.05, 0) is 24.4 Å². The molecule has 0 aliphatic carbocycles. The predicted octanol–water partition coefficient (Wildman–Crippen LogP) is 2.41. The number of hydrogen-bond donors (Lipinski definition) is 0. The van der Waals surface area contributed by atoms with Crippen LogP contribution in [-0.2, 0) is 6.54 Å². The summed E-state index contributed by atoms with van der Waals surface area (Å²) in [7, 11) is 0. The number of nitrogens with zero attached hydrogens (tertiary/aromatic N) is 2. The molecule has 60 valence electrons. The smallest absolute Gasteiger partial charge is 0.0992 e. The fourth-order valence-corrected chi connectivity index (χ4v) is 1.11. The normalized spacial score (nSPS) is 9.00. The van der Waals surface area contributed by atoms with Crippen LogP contribution in [0.3, 0.4) is 0 Å².